The van der Waals surface area contributed by atoms with Crippen LogP contribution in [-0.2, 0) is 18.5 Å². The first-order valence-corrected chi connectivity index (χ1v) is 16.8. The lowest BCUT2D eigenvalue weighted by Gasteiger charge is -2.34. The molecule has 0 radical (unpaired) electrons. The highest BCUT2D eigenvalue weighted by Crippen LogP contribution is 2.40. The third-order valence-corrected chi connectivity index (χ3v) is 9.22. The summed E-state index contributed by atoms with van der Waals surface area (Å²) in [6.45, 7) is 4.87. The molecule has 0 fully saturated rings. The van der Waals surface area contributed by atoms with Crippen molar-refractivity contribution in [2.24, 2.45) is 0 Å². The molecule has 0 amide bonds. The minimum absolute atomic E-state index is 0.540. The van der Waals surface area contributed by atoms with Crippen LogP contribution < -0.4 is 0 Å². The van der Waals surface area contributed by atoms with E-state index in [2.05, 4.69) is 78.8 Å². The number of benzene rings is 5. The topological polar surface area (TPSA) is 78.5 Å². The third kappa shape index (κ3) is 6.00. The van der Waals surface area contributed by atoms with Gasteiger partial charge in [-0.25, -0.2) is 0 Å². The molecule has 0 saturated heterocycles. The van der Waals surface area contributed by atoms with Crippen LogP contribution in [0.5, 0.6) is 0 Å². The van der Waals surface area contributed by atoms with Gasteiger partial charge in [0.1, 0.15) is 0 Å². The van der Waals surface area contributed by atoms with Gasteiger partial charge in [0.15, 0.2) is 11.8 Å². The summed E-state index contributed by atoms with van der Waals surface area (Å²) < 4.78 is 2.00. The fraction of sp³-hybridized carbons (Fsp3) is 0.167. The maximum Gasteiger partial charge on any atom is 0.205 e. The highest BCUT2D eigenvalue weighted by molar-refractivity contribution is 5.81. The van der Waals surface area contributed by atoms with Crippen molar-refractivity contribution in [3.63, 3.8) is 0 Å². The molecule has 0 aliphatic heterocycles. The van der Waals surface area contributed by atoms with Crippen LogP contribution >= 0.6 is 0 Å². The molecule has 7 heteroatoms. The van der Waals surface area contributed by atoms with Crippen molar-refractivity contribution in [1.82, 2.24) is 30.0 Å². The molecule has 7 rings (SSSR count). The molecule has 7 nitrogen and oxygen atoms in total. The van der Waals surface area contributed by atoms with Crippen LogP contribution in [-0.4, -0.2) is 36.3 Å². The quantitative estimate of drug-likeness (QED) is 0.0986. The number of nitrogens with zero attached hydrogens (tertiary/aromatic N) is 6. The van der Waals surface area contributed by atoms with E-state index >= 15 is 0 Å². The van der Waals surface area contributed by atoms with E-state index in [4.69, 9.17) is 15.4 Å². The average molecular weight is 643 g/mol. The Balaban J connectivity index is 1.28. The third-order valence-electron chi connectivity index (χ3n) is 9.22. The van der Waals surface area contributed by atoms with E-state index in [0.717, 1.165) is 76.0 Å². The van der Waals surface area contributed by atoms with Gasteiger partial charge in [-0.2, -0.15) is 5.10 Å². The van der Waals surface area contributed by atoms with Crippen LogP contribution in [0.25, 0.3) is 22.5 Å². The van der Waals surface area contributed by atoms with Gasteiger partial charge in [-0.15, -0.1) is 15.0 Å². The molecule has 0 saturated carbocycles. The maximum absolute atomic E-state index is 12.0. The van der Waals surface area contributed by atoms with Crippen LogP contribution in [0.4, 0.5) is 0 Å². The fourth-order valence-corrected chi connectivity index (χ4v) is 6.75. The number of aldehydes is 1. The van der Waals surface area contributed by atoms with Gasteiger partial charge in [-0.3, -0.25) is 9.48 Å². The first-order valence-electron chi connectivity index (χ1n) is 16.8. The second-order valence-electron chi connectivity index (χ2n) is 12.3. The predicted octanol–water partition coefficient (Wildman–Crippen LogP) is 8.56. The van der Waals surface area contributed by atoms with Crippen molar-refractivity contribution < 1.29 is 4.79 Å². The first-order chi connectivity index (χ1) is 24.1. The lowest BCUT2D eigenvalue weighted by Crippen LogP contribution is -2.39. The maximum atomic E-state index is 12.0. The van der Waals surface area contributed by atoms with E-state index in [-0.39, 0.29) is 0 Å². The molecule has 2 heterocycles. The average Bonchev–Trinajstić information content (AvgIpc) is 3.77. The largest absolute Gasteiger partial charge is 0.298 e. The van der Waals surface area contributed by atoms with Gasteiger partial charge in [0.25, 0.3) is 0 Å². The Hall–Kier alpha value is -5.95. The molecule has 0 aliphatic rings. The second kappa shape index (κ2) is 14.0. The van der Waals surface area contributed by atoms with Gasteiger partial charge in [0.2, 0.25) is 5.82 Å². The van der Waals surface area contributed by atoms with Crippen molar-refractivity contribution >= 4 is 6.29 Å². The van der Waals surface area contributed by atoms with Crippen molar-refractivity contribution in [1.29, 1.82) is 0 Å². The van der Waals surface area contributed by atoms with Gasteiger partial charge >= 0.3 is 0 Å². The highest BCUT2D eigenvalue weighted by Gasteiger charge is 2.41. The molecule has 0 aliphatic carbocycles. The van der Waals surface area contributed by atoms with E-state index in [0.29, 0.717) is 17.8 Å². The summed E-state index contributed by atoms with van der Waals surface area (Å²) in [5, 5.41) is 19.3. The van der Waals surface area contributed by atoms with Gasteiger partial charge in [0.05, 0.1) is 17.0 Å². The number of hydrogen-bond donors (Lipinski definition) is 0. The molecule has 0 spiro atoms. The second-order valence-corrected chi connectivity index (χ2v) is 12.3. The number of rotatable bonds is 12. The summed E-state index contributed by atoms with van der Waals surface area (Å²) in [4.78, 5) is 13.7. The minimum Gasteiger partial charge on any atom is -0.298 e. The Bertz CT molecular complexity index is 2060. The van der Waals surface area contributed by atoms with Gasteiger partial charge < -0.3 is 0 Å². The Morgan fingerprint density at radius 3 is 1.78 bits per heavy atom. The van der Waals surface area contributed by atoms with E-state index in [9.17, 15) is 4.79 Å². The molecular weight excluding hydrogens is 605 g/mol. The van der Waals surface area contributed by atoms with Crippen LogP contribution in [0, 0.1) is 6.92 Å². The summed E-state index contributed by atoms with van der Waals surface area (Å²) >= 11 is 0. The summed E-state index contributed by atoms with van der Waals surface area (Å²) in [5.74, 6) is 0.540. The zero-order valence-corrected chi connectivity index (χ0v) is 27.8. The van der Waals surface area contributed by atoms with Crippen molar-refractivity contribution in [2.45, 2.75) is 45.2 Å². The molecule has 0 bridgehead atoms. The Kier molecular flexibility index (Phi) is 9.06. The Morgan fingerprint density at radius 1 is 0.673 bits per heavy atom. The van der Waals surface area contributed by atoms with Gasteiger partial charge in [-0.1, -0.05) is 153 Å². The molecule has 49 heavy (non-hydrogen) atoms. The van der Waals surface area contributed by atoms with Gasteiger partial charge in [-0.05, 0) is 51.9 Å². The van der Waals surface area contributed by atoms with Crippen LogP contribution in [0.2, 0.25) is 0 Å². The zero-order chi connectivity index (χ0) is 33.6. The monoisotopic (exact) mass is 642 g/mol. The molecular formula is C42H38N6O. The summed E-state index contributed by atoms with van der Waals surface area (Å²) in [5.41, 5.74) is 8.74. The molecule has 5 aromatic carbocycles. The van der Waals surface area contributed by atoms with E-state index in [1.54, 1.807) is 4.80 Å². The molecule has 242 valence electrons. The molecule has 7 aromatic rings. The first kappa shape index (κ1) is 31.6. The lowest BCUT2D eigenvalue weighted by atomic mass is 9.77. The number of aromatic nitrogens is 6. The Morgan fingerprint density at radius 2 is 1.22 bits per heavy atom. The van der Waals surface area contributed by atoms with Crippen LogP contribution in [0.3, 0.4) is 0 Å². The Labute approximate surface area is 286 Å². The van der Waals surface area contributed by atoms with Crippen molar-refractivity contribution in [3.05, 3.63) is 179 Å². The molecule has 0 N–H and O–H groups in total. The smallest absolute Gasteiger partial charge is 0.205 e. The van der Waals surface area contributed by atoms with Gasteiger partial charge in [0, 0.05) is 18.5 Å². The highest BCUT2D eigenvalue weighted by atomic mass is 16.1. The number of tetrazole rings is 1. The number of carbonyl (C=O) groups excluding carboxylic acids is 1. The number of carbonyl (C=O) groups is 1. The van der Waals surface area contributed by atoms with Crippen molar-refractivity contribution in [2.75, 3.05) is 0 Å². The summed E-state index contributed by atoms with van der Waals surface area (Å²) in [7, 11) is 0. The normalized spacial score (nSPS) is 11.5. The molecule has 0 atom stereocenters. The summed E-state index contributed by atoms with van der Waals surface area (Å²) in [6.07, 6.45) is 3.66. The number of unbranched alkanes of at least 4 members (excludes halogenated alkanes) is 1. The number of hydrogen-bond acceptors (Lipinski definition) is 5. The predicted molar refractivity (Wildman–Crippen MR) is 193 cm³/mol. The lowest BCUT2D eigenvalue weighted by molar-refractivity contribution is 0.112. The fourth-order valence-electron chi connectivity index (χ4n) is 6.75. The zero-order valence-electron chi connectivity index (χ0n) is 27.8. The number of aryl methyl sites for hydroxylation is 2. The SMILES string of the molecule is CCCCn1nc(C)c(C=O)c1Cc1ccc(-c2ccccc2-c2nnn(C(c3ccccc3)(c3ccccc3)c3ccccc3)n2)cc1. The van der Waals surface area contributed by atoms with Crippen LogP contribution in [0.15, 0.2) is 140 Å². The molecule has 2 aromatic heterocycles. The van der Waals surface area contributed by atoms with E-state index < -0.39 is 5.54 Å². The molecule has 0 unspecified atom stereocenters. The van der Waals surface area contributed by atoms with Crippen molar-refractivity contribution in [3.8, 4) is 22.5 Å². The van der Waals surface area contributed by atoms with Crippen LogP contribution in [0.1, 0.15) is 63.8 Å². The summed E-state index contributed by atoms with van der Waals surface area (Å²) in [6, 6.07) is 47.8. The minimum atomic E-state index is -0.853. The van der Waals surface area contributed by atoms with E-state index in [1.807, 2.05) is 84.4 Å². The van der Waals surface area contributed by atoms with E-state index in [1.165, 1.54) is 0 Å². The standard InChI is InChI=1S/C42H38N6O/c1-3-4-28-47-40(39(30-49)31(2)44-47)29-32-24-26-33(27-25-32)37-22-14-15-23-38(37)41-43-46-48(45-41)42(34-16-8-5-9-17-34,35-18-10-6-11-19-35)36-20-12-7-13-21-36/h5-27,30H,3-4,28-29H2,1-2H3.